The highest BCUT2D eigenvalue weighted by Crippen LogP contribution is 2.11. The molecule has 3 aromatic carbocycles. The summed E-state index contributed by atoms with van der Waals surface area (Å²) in [6, 6.07) is 14.8. The maximum atomic E-state index is 13.6. The van der Waals surface area contributed by atoms with E-state index in [4.69, 9.17) is 5.21 Å². The van der Waals surface area contributed by atoms with E-state index in [9.17, 15) is 28.3 Å². The van der Waals surface area contributed by atoms with Crippen molar-refractivity contribution in [1.29, 1.82) is 0 Å². The maximum absolute atomic E-state index is 13.6. The molecule has 40 heavy (non-hydrogen) atoms. The van der Waals surface area contributed by atoms with Crippen molar-refractivity contribution in [3.63, 3.8) is 0 Å². The van der Waals surface area contributed by atoms with Gasteiger partial charge in [-0.15, -0.1) is 0 Å². The monoisotopic (exact) mass is 552 g/mol. The third-order valence-electron chi connectivity index (χ3n) is 5.44. The molecule has 0 fully saturated rings. The molecule has 0 aliphatic heterocycles. The fourth-order valence-corrected chi connectivity index (χ4v) is 3.38. The minimum absolute atomic E-state index is 0. The largest absolute Gasteiger partial charge is 0.391 e. The summed E-state index contributed by atoms with van der Waals surface area (Å²) in [7, 11) is 0. The number of anilines is 1. The van der Waals surface area contributed by atoms with E-state index in [1.165, 1.54) is 24.5 Å². The number of carbonyl (C=O) groups is 3. The van der Waals surface area contributed by atoms with Crippen LogP contribution in [0.25, 0.3) is 0 Å². The highest BCUT2D eigenvalue weighted by molar-refractivity contribution is 5.97. The highest BCUT2D eigenvalue weighted by Gasteiger charge is 2.25. The first kappa shape index (κ1) is 31.6. The summed E-state index contributed by atoms with van der Waals surface area (Å²) in [5.74, 6) is 2.89. The van der Waals surface area contributed by atoms with E-state index in [0.29, 0.717) is 16.8 Å². The summed E-state index contributed by atoms with van der Waals surface area (Å²) in [4.78, 5) is 36.0. The summed E-state index contributed by atoms with van der Waals surface area (Å²) in [6.45, 7) is 1.21. The molecule has 0 saturated carbocycles. The number of halogens is 2. The van der Waals surface area contributed by atoms with Crippen LogP contribution >= 0.6 is 0 Å². The van der Waals surface area contributed by atoms with Crippen molar-refractivity contribution < 1.29 is 33.5 Å². The van der Waals surface area contributed by atoms with E-state index in [-0.39, 0.29) is 37.6 Å². The first-order chi connectivity index (χ1) is 18.7. The van der Waals surface area contributed by atoms with Crippen LogP contribution in [-0.2, 0) is 16.1 Å². The SMILES string of the molecule is C.C[C@@H](O)[C@H](NC(=O)c1ccc(C#Cc2ccc(NC(=O)CNCc3cc(F)ccc3F)cc2)cc1)C(=O)NO. The van der Waals surface area contributed by atoms with Gasteiger partial charge in [0.2, 0.25) is 5.91 Å². The van der Waals surface area contributed by atoms with Gasteiger partial charge in [0.15, 0.2) is 0 Å². The van der Waals surface area contributed by atoms with Crippen molar-refractivity contribution in [3.8, 4) is 11.8 Å². The Balaban J connectivity index is 0.00000560. The molecule has 3 amide bonds. The van der Waals surface area contributed by atoms with E-state index in [1.807, 2.05) is 0 Å². The molecule has 0 radical (unpaired) electrons. The van der Waals surface area contributed by atoms with Crippen molar-refractivity contribution >= 4 is 23.4 Å². The third-order valence-corrected chi connectivity index (χ3v) is 5.44. The topological polar surface area (TPSA) is 140 Å². The van der Waals surface area contributed by atoms with Gasteiger partial charge in [0, 0.05) is 34.5 Å². The van der Waals surface area contributed by atoms with Crippen molar-refractivity contribution in [2.75, 3.05) is 11.9 Å². The molecule has 0 aromatic heterocycles. The summed E-state index contributed by atoms with van der Waals surface area (Å²) in [5.41, 5.74) is 3.57. The zero-order valence-electron chi connectivity index (χ0n) is 20.8. The zero-order chi connectivity index (χ0) is 28.4. The summed E-state index contributed by atoms with van der Waals surface area (Å²) in [6.07, 6.45) is -1.22. The lowest BCUT2D eigenvalue weighted by atomic mass is 10.1. The standard InChI is InChI=1S/C28H26F2N4O5.CH4/c1-17(35)26(28(38)34-39)33-27(37)20-8-4-18(5-9-20)2-3-19-6-11-23(12-7-19)32-25(36)16-31-15-21-14-22(29)10-13-24(21)30;/h4-14,17,26,31,35,39H,15-16H2,1H3,(H,32,36)(H,33,37)(H,34,38);1H4/t17-,26+;/m1./s1. The fraction of sp³-hybridized carbons (Fsp3) is 0.207. The molecule has 0 unspecified atom stereocenters. The number of benzene rings is 3. The van der Waals surface area contributed by atoms with Gasteiger partial charge in [0.25, 0.3) is 11.8 Å². The van der Waals surface area contributed by atoms with E-state index in [1.54, 1.807) is 36.4 Å². The summed E-state index contributed by atoms with van der Waals surface area (Å²) >= 11 is 0. The number of hydrogen-bond acceptors (Lipinski definition) is 6. The Bertz CT molecular complexity index is 1380. The minimum atomic E-state index is -1.32. The molecule has 3 rings (SSSR count). The van der Waals surface area contributed by atoms with Crippen LogP contribution in [-0.4, -0.2) is 46.7 Å². The van der Waals surface area contributed by atoms with Gasteiger partial charge in [0.05, 0.1) is 12.6 Å². The predicted molar refractivity (Wildman–Crippen MR) is 145 cm³/mol. The van der Waals surface area contributed by atoms with Crippen molar-refractivity contribution in [3.05, 3.63) is 101 Å². The van der Waals surface area contributed by atoms with Crippen LogP contribution < -0.4 is 21.4 Å². The lowest BCUT2D eigenvalue weighted by Gasteiger charge is -2.19. The van der Waals surface area contributed by atoms with E-state index < -0.39 is 35.6 Å². The lowest BCUT2D eigenvalue weighted by molar-refractivity contribution is -0.133. The second kappa shape index (κ2) is 15.1. The Morgan fingerprint density at radius 1 is 0.925 bits per heavy atom. The number of hydroxylamine groups is 1. The van der Waals surface area contributed by atoms with E-state index in [0.717, 1.165) is 18.2 Å². The number of rotatable bonds is 9. The molecule has 11 heteroatoms. The van der Waals surface area contributed by atoms with Crippen molar-refractivity contribution in [1.82, 2.24) is 16.1 Å². The molecule has 0 heterocycles. The number of carbonyl (C=O) groups excluding carboxylic acids is 3. The molecule has 3 aromatic rings. The number of nitrogens with one attached hydrogen (secondary N) is 4. The van der Waals surface area contributed by atoms with Crippen molar-refractivity contribution in [2.45, 2.75) is 33.0 Å². The second-order valence-electron chi connectivity index (χ2n) is 8.46. The number of hydrogen-bond donors (Lipinski definition) is 6. The number of aliphatic hydroxyl groups is 1. The van der Waals surface area contributed by atoms with E-state index in [2.05, 4.69) is 27.8 Å². The van der Waals surface area contributed by atoms with Crippen LogP contribution in [0.3, 0.4) is 0 Å². The highest BCUT2D eigenvalue weighted by atomic mass is 19.1. The Morgan fingerprint density at radius 3 is 2.10 bits per heavy atom. The Morgan fingerprint density at radius 2 is 1.52 bits per heavy atom. The van der Waals surface area contributed by atoms with E-state index >= 15 is 0 Å². The molecule has 2 atom stereocenters. The molecule has 210 valence electrons. The van der Waals surface area contributed by atoms with Gasteiger partial charge in [-0.2, -0.15) is 0 Å². The van der Waals surface area contributed by atoms with Crippen molar-refractivity contribution in [2.24, 2.45) is 0 Å². The minimum Gasteiger partial charge on any atom is -0.391 e. The zero-order valence-corrected chi connectivity index (χ0v) is 20.8. The first-order valence-electron chi connectivity index (χ1n) is 11.8. The third kappa shape index (κ3) is 9.28. The predicted octanol–water partition coefficient (Wildman–Crippen LogP) is 2.71. The summed E-state index contributed by atoms with van der Waals surface area (Å²) in [5, 5.41) is 26.2. The molecular formula is C29H30F2N4O5. The van der Waals surface area contributed by atoms with Crippen LogP contribution in [0.1, 0.15) is 41.4 Å². The normalized spacial score (nSPS) is 11.6. The second-order valence-corrected chi connectivity index (χ2v) is 8.46. The quantitative estimate of drug-likeness (QED) is 0.137. The van der Waals surface area contributed by atoms with Gasteiger partial charge in [0.1, 0.15) is 17.7 Å². The Kier molecular flexibility index (Phi) is 11.9. The van der Waals surface area contributed by atoms with Crippen LogP contribution in [0.5, 0.6) is 0 Å². The maximum Gasteiger partial charge on any atom is 0.268 e. The molecule has 0 bridgehead atoms. The van der Waals surface area contributed by atoms with Gasteiger partial charge in [-0.25, -0.2) is 14.3 Å². The van der Waals surface area contributed by atoms with Gasteiger partial charge in [-0.1, -0.05) is 19.3 Å². The fourth-order valence-electron chi connectivity index (χ4n) is 3.38. The van der Waals surface area contributed by atoms with Crippen LogP contribution in [0.15, 0.2) is 66.7 Å². The number of amides is 3. The first-order valence-corrected chi connectivity index (χ1v) is 11.8. The van der Waals surface area contributed by atoms with Crippen LogP contribution in [0.2, 0.25) is 0 Å². The van der Waals surface area contributed by atoms with Gasteiger partial charge >= 0.3 is 0 Å². The number of aliphatic hydroxyl groups excluding tert-OH is 1. The Hall–Kier alpha value is -4.63. The molecule has 9 nitrogen and oxygen atoms in total. The van der Waals surface area contributed by atoms with Gasteiger partial charge in [-0.05, 0) is 73.7 Å². The average Bonchev–Trinajstić information content (AvgIpc) is 2.92. The molecule has 0 aliphatic rings. The van der Waals surface area contributed by atoms with Crippen LogP contribution in [0, 0.1) is 23.5 Å². The lowest BCUT2D eigenvalue weighted by Crippen LogP contribution is -2.51. The average molecular weight is 553 g/mol. The molecule has 0 saturated heterocycles. The van der Waals surface area contributed by atoms with Gasteiger partial charge in [-0.3, -0.25) is 19.6 Å². The molecule has 6 N–H and O–H groups in total. The molecule has 0 aliphatic carbocycles. The summed E-state index contributed by atoms with van der Waals surface area (Å²) < 4.78 is 26.9. The van der Waals surface area contributed by atoms with Crippen LogP contribution in [0.4, 0.5) is 14.5 Å². The smallest absolute Gasteiger partial charge is 0.268 e. The van der Waals surface area contributed by atoms with Gasteiger partial charge < -0.3 is 21.1 Å². The molecular weight excluding hydrogens is 522 g/mol. The molecule has 0 spiro atoms. The Labute approximate surface area is 230 Å².